The third kappa shape index (κ3) is 3.45. The molecule has 7 nitrogen and oxygen atoms in total. The first-order chi connectivity index (χ1) is 15.6. The molecule has 1 aliphatic rings. The maximum Gasteiger partial charge on any atom is 0.289 e. The molecule has 1 fully saturated rings. The van der Waals surface area contributed by atoms with Crippen LogP contribution in [0.1, 0.15) is 43.7 Å². The molecule has 4 aromatic rings. The number of hydrogen-bond acceptors (Lipinski definition) is 6. The zero-order valence-corrected chi connectivity index (χ0v) is 18.4. The summed E-state index contributed by atoms with van der Waals surface area (Å²) >= 11 is 1.35. The van der Waals surface area contributed by atoms with Gasteiger partial charge in [-0.05, 0) is 31.0 Å². The number of carbonyl (C=O) groups excluding carboxylic acids is 2. The van der Waals surface area contributed by atoms with Crippen LogP contribution in [0.4, 0.5) is 0 Å². The molecular weight excluding hydrogens is 426 g/mol. The van der Waals surface area contributed by atoms with E-state index in [1.165, 1.54) is 11.3 Å². The van der Waals surface area contributed by atoms with Gasteiger partial charge in [0.05, 0.1) is 11.5 Å². The molecule has 5 rings (SSSR count). The molecule has 8 heteroatoms. The van der Waals surface area contributed by atoms with Gasteiger partial charge < -0.3 is 19.7 Å². The van der Waals surface area contributed by atoms with Crippen LogP contribution < -0.4 is 5.32 Å². The zero-order valence-electron chi connectivity index (χ0n) is 17.6. The molecule has 1 atom stereocenters. The fourth-order valence-electron chi connectivity index (χ4n) is 4.48. The number of nitrogens with one attached hydrogen (secondary N) is 1. The highest BCUT2D eigenvalue weighted by Gasteiger charge is 2.34. The Balaban J connectivity index is 1.45. The minimum atomic E-state index is -0.213. The van der Waals surface area contributed by atoms with E-state index in [-0.39, 0.29) is 30.9 Å². The van der Waals surface area contributed by atoms with Crippen LogP contribution in [0.25, 0.3) is 21.2 Å². The molecule has 0 aliphatic carbocycles. The number of thiophene rings is 1. The number of benzene rings is 1. The van der Waals surface area contributed by atoms with Gasteiger partial charge in [-0.25, -0.2) is 4.98 Å². The SMILES string of the molecule is Cc1c(C(=O)N2CC[C@H](c3c(C(=O)NCCO)sc4ncccc34)C2)oc2ccccc12. The Morgan fingerprint density at radius 2 is 2.06 bits per heavy atom. The van der Waals surface area contributed by atoms with Crippen molar-refractivity contribution < 1.29 is 19.1 Å². The Morgan fingerprint density at radius 3 is 2.88 bits per heavy atom. The van der Waals surface area contributed by atoms with Crippen molar-refractivity contribution >= 4 is 44.3 Å². The molecule has 3 aromatic heterocycles. The molecule has 0 bridgehead atoms. The third-order valence-corrected chi connectivity index (χ3v) is 7.16. The van der Waals surface area contributed by atoms with Gasteiger partial charge in [0.1, 0.15) is 10.4 Å². The van der Waals surface area contributed by atoms with Crippen LogP contribution in [0.2, 0.25) is 0 Å². The number of rotatable bonds is 5. The zero-order chi connectivity index (χ0) is 22.2. The first-order valence-corrected chi connectivity index (χ1v) is 11.4. The van der Waals surface area contributed by atoms with Crippen LogP contribution in [0.15, 0.2) is 47.0 Å². The van der Waals surface area contributed by atoms with Gasteiger partial charge in [-0.2, -0.15) is 0 Å². The number of carbonyl (C=O) groups is 2. The molecule has 164 valence electrons. The lowest BCUT2D eigenvalue weighted by atomic mass is 9.95. The summed E-state index contributed by atoms with van der Waals surface area (Å²) in [6.45, 7) is 3.09. The van der Waals surface area contributed by atoms with Crippen molar-refractivity contribution in [2.45, 2.75) is 19.3 Å². The highest BCUT2D eigenvalue weighted by atomic mass is 32.1. The van der Waals surface area contributed by atoms with Crippen LogP contribution in [0.3, 0.4) is 0 Å². The molecule has 4 heterocycles. The number of pyridine rings is 1. The van der Waals surface area contributed by atoms with Gasteiger partial charge in [-0.15, -0.1) is 11.3 Å². The molecule has 1 aromatic carbocycles. The van der Waals surface area contributed by atoms with E-state index >= 15 is 0 Å². The predicted molar refractivity (Wildman–Crippen MR) is 123 cm³/mol. The molecule has 0 saturated carbocycles. The van der Waals surface area contributed by atoms with Crippen molar-refractivity contribution in [3.63, 3.8) is 0 Å². The third-order valence-electron chi connectivity index (χ3n) is 6.03. The number of fused-ring (bicyclic) bond motifs is 2. The summed E-state index contributed by atoms with van der Waals surface area (Å²) in [6.07, 6.45) is 2.47. The fraction of sp³-hybridized carbons (Fsp3) is 0.292. The molecule has 2 N–H and O–H groups in total. The summed E-state index contributed by atoms with van der Waals surface area (Å²) in [6, 6.07) is 11.5. The van der Waals surface area contributed by atoms with Crippen molar-refractivity contribution in [3.05, 3.63) is 64.4 Å². The second-order valence-electron chi connectivity index (χ2n) is 7.97. The molecule has 1 aliphatic heterocycles. The normalized spacial score (nSPS) is 16.2. The Bertz CT molecular complexity index is 1330. The molecule has 1 saturated heterocycles. The molecule has 0 spiro atoms. The lowest BCUT2D eigenvalue weighted by molar-refractivity contribution is 0.0760. The maximum absolute atomic E-state index is 13.3. The number of aromatic nitrogens is 1. The highest BCUT2D eigenvalue weighted by molar-refractivity contribution is 7.20. The summed E-state index contributed by atoms with van der Waals surface area (Å²) in [5, 5.41) is 13.7. The fourth-order valence-corrected chi connectivity index (χ4v) is 5.62. The van der Waals surface area contributed by atoms with Crippen molar-refractivity contribution in [2.75, 3.05) is 26.2 Å². The van der Waals surface area contributed by atoms with E-state index in [4.69, 9.17) is 9.52 Å². The van der Waals surface area contributed by atoms with Gasteiger partial charge in [0.15, 0.2) is 5.76 Å². The summed E-state index contributed by atoms with van der Waals surface area (Å²) in [5.41, 5.74) is 2.50. The molecule has 0 radical (unpaired) electrons. The number of aryl methyl sites for hydroxylation is 1. The number of nitrogens with zero attached hydrogens (tertiary/aromatic N) is 2. The number of furan rings is 1. The topological polar surface area (TPSA) is 95.7 Å². The number of aliphatic hydroxyl groups is 1. The first kappa shape index (κ1) is 20.7. The Labute approximate surface area is 188 Å². The Hall–Kier alpha value is -3.23. The van der Waals surface area contributed by atoms with E-state index in [2.05, 4.69) is 10.3 Å². The van der Waals surface area contributed by atoms with Crippen LogP contribution >= 0.6 is 11.3 Å². The molecule has 32 heavy (non-hydrogen) atoms. The van der Waals surface area contributed by atoms with Crippen LogP contribution in [0.5, 0.6) is 0 Å². The highest BCUT2D eigenvalue weighted by Crippen LogP contribution is 2.40. The van der Waals surface area contributed by atoms with Gasteiger partial charge in [-0.1, -0.05) is 24.3 Å². The van der Waals surface area contributed by atoms with Crippen LogP contribution in [-0.4, -0.2) is 53.0 Å². The van der Waals surface area contributed by atoms with Crippen LogP contribution in [-0.2, 0) is 0 Å². The standard InChI is InChI=1S/C24H23N3O4S/c1-14-16-5-2-3-7-18(16)31-20(14)24(30)27-11-8-15(13-27)19-17-6-4-9-26-23(17)32-21(19)22(29)25-10-12-28/h2-7,9,15,28H,8,10-13H2,1H3,(H,25,29)/t15-/m0/s1. The maximum atomic E-state index is 13.3. The largest absolute Gasteiger partial charge is 0.451 e. The monoisotopic (exact) mass is 449 g/mol. The van der Waals surface area contributed by atoms with Gasteiger partial charge >= 0.3 is 0 Å². The molecular formula is C24H23N3O4S. The average Bonchev–Trinajstić information content (AvgIpc) is 3.52. The number of likely N-dealkylation sites (tertiary alicyclic amines) is 1. The van der Waals surface area contributed by atoms with Gasteiger partial charge in [0.2, 0.25) is 0 Å². The van der Waals surface area contributed by atoms with E-state index in [0.29, 0.717) is 29.3 Å². The minimum absolute atomic E-state index is 0.0245. The van der Waals surface area contributed by atoms with Crippen molar-refractivity contribution in [1.82, 2.24) is 15.2 Å². The van der Waals surface area contributed by atoms with E-state index in [9.17, 15) is 9.59 Å². The van der Waals surface area contributed by atoms with E-state index in [1.54, 1.807) is 6.20 Å². The smallest absolute Gasteiger partial charge is 0.289 e. The summed E-state index contributed by atoms with van der Waals surface area (Å²) in [5.74, 6) is 0.0705. The van der Waals surface area contributed by atoms with Gasteiger partial charge in [0, 0.05) is 48.1 Å². The lowest BCUT2D eigenvalue weighted by Crippen LogP contribution is -2.29. The summed E-state index contributed by atoms with van der Waals surface area (Å²) < 4.78 is 5.89. The predicted octanol–water partition coefficient (Wildman–Crippen LogP) is 3.70. The van der Waals surface area contributed by atoms with Crippen LogP contribution in [0, 0.1) is 6.92 Å². The van der Waals surface area contributed by atoms with Gasteiger partial charge in [0.25, 0.3) is 11.8 Å². The lowest BCUT2D eigenvalue weighted by Gasteiger charge is -2.16. The number of hydrogen-bond donors (Lipinski definition) is 2. The quantitative estimate of drug-likeness (QED) is 0.484. The van der Waals surface area contributed by atoms with Crippen molar-refractivity contribution in [2.24, 2.45) is 0 Å². The van der Waals surface area contributed by atoms with E-state index in [0.717, 1.165) is 33.2 Å². The summed E-state index contributed by atoms with van der Waals surface area (Å²) in [4.78, 5) is 33.7. The average molecular weight is 450 g/mol. The van der Waals surface area contributed by atoms with Crippen molar-refractivity contribution in [1.29, 1.82) is 0 Å². The first-order valence-electron chi connectivity index (χ1n) is 10.6. The Morgan fingerprint density at radius 1 is 1.25 bits per heavy atom. The number of amides is 2. The Kier molecular flexibility index (Phi) is 5.40. The van der Waals surface area contributed by atoms with E-state index in [1.807, 2.05) is 48.2 Å². The number of para-hydroxylation sites is 1. The second kappa shape index (κ2) is 8.37. The molecule has 0 unspecified atom stereocenters. The van der Waals surface area contributed by atoms with Crippen molar-refractivity contribution in [3.8, 4) is 0 Å². The second-order valence-corrected chi connectivity index (χ2v) is 8.97. The molecule has 2 amide bonds. The summed E-state index contributed by atoms with van der Waals surface area (Å²) in [7, 11) is 0. The number of aliphatic hydroxyl groups excluding tert-OH is 1. The minimum Gasteiger partial charge on any atom is -0.451 e. The van der Waals surface area contributed by atoms with E-state index < -0.39 is 0 Å². The van der Waals surface area contributed by atoms with Gasteiger partial charge in [-0.3, -0.25) is 9.59 Å².